The second-order valence-electron chi connectivity index (χ2n) is 4.14. The van der Waals surface area contributed by atoms with Crippen molar-refractivity contribution in [1.82, 2.24) is 4.98 Å². The summed E-state index contributed by atoms with van der Waals surface area (Å²) in [5.41, 5.74) is 2.05. The second kappa shape index (κ2) is 5.14. The van der Waals surface area contributed by atoms with Crippen LogP contribution in [0.5, 0.6) is 0 Å². The molecule has 0 unspecified atom stereocenters. The van der Waals surface area contributed by atoms with E-state index in [1.807, 2.05) is 25.1 Å². The Morgan fingerprint density at radius 2 is 2.00 bits per heavy atom. The molecule has 1 heterocycles. The molecule has 0 saturated heterocycles. The fourth-order valence-corrected chi connectivity index (χ4v) is 1.98. The maximum Gasteiger partial charge on any atom is 0.355 e. The number of esters is 2. The summed E-state index contributed by atoms with van der Waals surface area (Å²) in [7, 11) is 1.28. The number of carbonyl (C=O) groups is 2. The zero-order valence-electron chi connectivity index (χ0n) is 11.1. The van der Waals surface area contributed by atoms with Gasteiger partial charge in [0, 0.05) is 10.9 Å². The minimum atomic E-state index is -0.559. The number of benzene rings is 1. The third-order valence-corrected chi connectivity index (χ3v) is 2.82. The van der Waals surface area contributed by atoms with Crippen molar-refractivity contribution in [2.24, 2.45) is 0 Å². The standard InChI is InChI=1S/C14H15NO4/c1-4-19-14(17)12-11(13(16)18-3)9-7-8(2)5-6-10(9)15-12/h5-7,15H,4H2,1-3H3. The van der Waals surface area contributed by atoms with Crippen LogP contribution in [0, 0.1) is 6.92 Å². The Hall–Kier alpha value is -2.30. The molecule has 0 radical (unpaired) electrons. The van der Waals surface area contributed by atoms with Gasteiger partial charge >= 0.3 is 11.9 Å². The molecule has 5 heteroatoms. The van der Waals surface area contributed by atoms with Gasteiger partial charge in [0.25, 0.3) is 0 Å². The molecule has 1 aromatic heterocycles. The fourth-order valence-electron chi connectivity index (χ4n) is 1.98. The summed E-state index contributed by atoms with van der Waals surface area (Å²) >= 11 is 0. The van der Waals surface area contributed by atoms with E-state index in [1.165, 1.54) is 7.11 Å². The van der Waals surface area contributed by atoms with E-state index in [4.69, 9.17) is 9.47 Å². The predicted octanol–water partition coefficient (Wildman–Crippen LogP) is 2.44. The van der Waals surface area contributed by atoms with Gasteiger partial charge in [0.2, 0.25) is 0 Å². The fraction of sp³-hybridized carbons (Fsp3) is 0.286. The summed E-state index contributed by atoms with van der Waals surface area (Å²) in [5.74, 6) is -1.11. The average Bonchev–Trinajstić information content (AvgIpc) is 2.76. The third-order valence-electron chi connectivity index (χ3n) is 2.82. The molecule has 0 atom stereocenters. The van der Waals surface area contributed by atoms with E-state index < -0.39 is 11.9 Å². The highest BCUT2D eigenvalue weighted by Gasteiger charge is 2.24. The van der Waals surface area contributed by atoms with Crippen LogP contribution in [0.2, 0.25) is 0 Å². The van der Waals surface area contributed by atoms with Crippen LogP contribution in [0.1, 0.15) is 33.3 Å². The minimum Gasteiger partial charge on any atom is -0.465 e. The number of aromatic nitrogens is 1. The van der Waals surface area contributed by atoms with Crippen molar-refractivity contribution in [2.45, 2.75) is 13.8 Å². The third kappa shape index (κ3) is 2.31. The molecule has 0 amide bonds. The van der Waals surface area contributed by atoms with Crippen LogP contribution in [0.3, 0.4) is 0 Å². The van der Waals surface area contributed by atoms with Gasteiger partial charge < -0.3 is 14.5 Å². The molecule has 100 valence electrons. The van der Waals surface area contributed by atoms with E-state index in [-0.39, 0.29) is 17.9 Å². The van der Waals surface area contributed by atoms with E-state index in [0.717, 1.165) is 5.56 Å². The maximum atomic E-state index is 11.9. The second-order valence-corrected chi connectivity index (χ2v) is 4.14. The van der Waals surface area contributed by atoms with Crippen molar-refractivity contribution < 1.29 is 19.1 Å². The normalized spacial score (nSPS) is 10.5. The lowest BCUT2D eigenvalue weighted by Gasteiger charge is -2.02. The monoisotopic (exact) mass is 261 g/mol. The number of carbonyl (C=O) groups excluding carboxylic acids is 2. The van der Waals surface area contributed by atoms with Gasteiger partial charge in [-0.25, -0.2) is 9.59 Å². The molecular formula is C14H15NO4. The Morgan fingerprint density at radius 1 is 1.26 bits per heavy atom. The van der Waals surface area contributed by atoms with Gasteiger partial charge in [-0.15, -0.1) is 0 Å². The number of aromatic amines is 1. The number of methoxy groups -OCH3 is 1. The summed E-state index contributed by atoms with van der Waals surface area (Å²) in [6.45, 7) is 3.87. The summed E-state index contributed by atoms with van der Waals surface area (Å²) in [6, 6.07) is 5.55. The first-order chi connectivity index (χ1) is 9.08. The Bertz CT molecular complexity index is 642. The van der Waals surface area contributed by atoms with Crippen LogP contribution < -0.4 is 0 Å². The van der Waals surface area contributed by atoms with Crippen molar-refractivity contribution >= 4 is 22.8 Å². The highest BCUT2D eigenvalue weighted by atomic mass is 16.5. The van der Waals surface area contributed by atoms with E-state index in [0.29, 0.717) is 10.9 Å². The quantitative estimate of drug-likeness (QED) is 0.862. The molecule has 1 N–H and O–H groups in total. The van der Waals surface area contributed by atoms with Gasteiger partial charge in [0.1, 0.15) is 5.69 Å². The highest BCUT2D eigenvalue weighted by Crippen LogP contribution is 2.25. The highest BCUT2D eigenvalue weighted by molar-refractivity contribution is 6.12. The number of fused-ring (bicyclic) bond motifs is 1. The van der Waals surface area contributed by atoms with Gasteiger partial charge in [0.15, 0.2) is 0 Å². The Morgan fingerprint density at radius 3 is 2.63 bits per heavy atom. The first kappa shape index (κ1) is 13.1. The van der Waals surface area contributed by atoms with Crippen LogP contribution in [0.15, 0.2) is 18.2 Å². The molecule has 0 saturated carbocycles. The van der Waals surface area contributed by atoms with Crippen LogP contribution in [0.25, 0.3) is 10.9 Å². The Kier molecular flexibility index (Phi) is 3.55. The molecule has 19 heavy (non-hydrogen) atoms. The number of rotatable bonds is 3. The smallest absolute Gasteiger partial charge is 0.355 e. The lowest BCUT2D eigenvalue weighted by molar-refractivity contribution is 0.0499. The molecule has 1 aromatic carbocycles. The van der Waals surface area contributed by atoms with Crippen molar-refractivity contribution in [3.63, 3.8) is 0 Å². The van der Waals surface area contributed by atoms with Gasteiger partial charge in [0.05, 0.1) is 19.3 Å². The Labute approximate surface area is 110 Å². The van der Waals surface area contributed by atoms with Crippen LogP contribution in [0.4, 0.5) is 0 Å². The number of H-pyrrole nitrogens is 1. The zero-order valence-corrected chi connectivity index (χ0v) is 11.1. The topological polar surface area (TPSA) is 68.4 Å². The average molecular weight is 261 g/mol. The van der Waals surface area contributed by atoms with Crippen molar-refractivity contribution in [3.8, 4) is 0 Å². The van der Waals surface area contributed by atoms with Crippen molar-refractivity contribution in [1.29, 1.82) is 0 Å². The summed E-state index contributed by atoms with van der Waals surface area (Å²) in [5, 5.41) is 0.662. The van der Waals surface area contributed by atoms with Crippen molar-refractivity contribution in [3.05, 3.63) is 35.0 Å². The van der Waals surface area contributed by atoms with Crippen LogP contribution in [-0.2, 0) is 9.47 Å². The molecule has 0 spiro atoms. The Balaban J connectivity index is 2.68. The van der Waals surface area contributed by atoms with E-state index >= 15 is 0 Å². The van der Waals surface area contributed by atoms with Gasteiger partial charge in [-0.2, -0.15) is 0 Å². The zero-order chi connectivity index (χ0) is 14.0. The lowest BCUT2D eigenvalue weighted by Crippen LogP contribution is -2.12. The molecule has 0 aliphatic heterocycles. The molecule has 2 rings (SSSR count). The van der Waals surface area contributed by atoms with E-state index in [2.05, 4.69) is 4.98 Å². The predicted molar refractivity (Wildman–Crippen MR) is 70.3 cm³/mol. The summed E-state index contributed by atoms with van der Waals surface area (Å²) in [6.07, 6.45) is 0. The van der Waals surface area contributed by atoms with Gasteiger partial charge in [-0.1, -0.05) is 11.6 Å². The number of hydrogen-bond donors (Lipinski definition) is 1. The number of ether oxygens (including phenoxy) is 2. The molecule has 0 fully saturated rings. The summed E-state index contributed by atoms with van der Waals surface area (Å²) in [4.78, 5) is 26.7. The molecule has 0 aliphatic rings. The lowest BCUT2D eigenvalue weighted by atomic mass is 10.1. The SMILES string of the molecule is CCOC(=O)c1[nH]c2ccc(C)cc2c1C(=O)OC. The first-order valence-electron chi connectivity index (χ1n) is 5.96. The molecule has 0 aliphatic carbocycles. The van der Waals surface area contributed by atoms with Crippen LogP contribution >= 0.6 is 0 Å². The number of hydrogen-bond acceptors (Lipinski definition) is 4. The van der Waals surface area contributed by atoms with E-state index in [1.54, 1.807) is 6.92 Å². The molecule has 2 aromatic rings. The minimum absolute atomic E-state index is 0.134. The summed E-state index contributed by atoms with van der Waals surface area (Å²) < 4.78 is 9.69. The van der Waals surface area contributed by atoms with Gasteiger partial charge in [-0.05, 0) is 26.0 Å². The van der Waals surface area contributed by atoms with Gasteiger partial charge in [-0.3, -0.25) is 0 Å². The number of nitrogens with one attached hydrogen (secondary N) is 1. The number of aryl methyl sites for hydroxylation is 1. The molecule has 5 nitrogen and oxygen atoms in total. The first-order valence-corrected chi connectivity index (χ1v) is 5.96. The van der Waals surface area contributed by atoms with Crippen molar-refractivity contribution in [2.75, 3.05) is 13.7 Å². The van der Waals surface area contributed by atoms with Crippen LogP contribution in [-0.4, -0.2) is 30.6 Å². The molecule has 0 bridgehead atoms. The molecular weight excluding hydrogens is 246 g/mol. The maximum absolute atomic E-state index is 11.9. The van der Waals surface area contributed by atoms with E-state index in [9.17, 15) is 9.59 Å². The largest absolute Gasteiger partial charge is 0.465 e.